The number of nitrogens with zero attached hydrogens (tertiary/aromatic N) is 1. The van der Waals surface area contributed by atoms with Crippen LogP contribution in [0, 0.1) is 7.14 Å². The molecule has 0 amide bonds. The summed E-state index contributed by atoms with van der Waals surface area (Å²) < 4.78 is 2.24. The van der Waals surface area contributed by atoms with Crippen LogP contribution in [0.1, 0.15) is 31.4 Å². The quantitative estimate of drug-likeness (QED) is 0.457. The van der Waals surface area contributed by atoms with Crippen LogP contribution in [0.3, 0.4) is 0 Å². The summed E-state index contributed by atoms with van der Waals surface area (Å²) in [5.41, 5.74) is 8.31. The Labute approximate surface area is 170 Å². The van der Waals surface area contributed by atoms with Gasteiger partial charge in [0.15, 0.2) is 0 Å². The number of pyridine rings is 1. The van der Waals surface area contributed by atoms with Crippen LogP contribution in [0.25, 0.3) is 0 Å². The monoisotopic (exact) mass is 551 g/mol. The lowest BCUT2D eigenvalue weighted by molar-refractivity contribution is 0.281. The minimum Gasteiger partial charge on any atom is -0.392 e. The molecule has 4 nitrogen and oxygen atoms in total. The largest absolute Gasteiger partial charge is 0.392 e. The second kappa shape index (κ2) is 8.77. The van der Waals surface area contributed by atoms with Gasteiger partial charge in [0.2, 0.25) is 0 Å². The van der Waals surface area contributed by atoms with Gasteiger partial charge in [0, 0.05) is 21.3 Å². The molecule has 1 aromatic heterocycles. The van der Waals surface area contributed by atoms with Crippen LogP contribution in [0.5, 0.6) is 0 Å². The second-order valence-electron chi connectivity index (χ2n) is 6.54. The molecule has 0 saturated carbocycles. The first-order valence-electron chi connectivity index (χ1n) is 7.84. The lowest BCUT2D eigenvalue weighted by Crippen LogP contribution is -2.43. The van der Waals surface area contributed by atoms with Gasteiger partial charge < -0.3 is 16.2 Å². The van der Waals surface area contributed by atoms with Crippen molar-refractivity contribution in [2.45, 2.75) is 44.9 Å². The summed E-state index contributed by atoms with van der Waals surface area (Å²) in [6.45, 7) is 4.23. The number of nitrogens with two attached hydrogens (primary N) is 1. The Morgan fingerprint density at radius 1 is 1.25 bits per heavy atom. The van der Waals surface area contributed by atoms with Gasteiger partial charge in [-0.3, -0.25) is 0 Å². The Morgan fingerprint density at radius 2 is 1.92 bits per heavy atom. The normalized spacial score (nSPS) is 14.9. The third-order valence-electron chi connectivity index (χ3n) is 3.76. The van der Waals surface area contributed by atoms with Gasteiger partial charge in [-0.1, -0.05) is 12.1 Å². The third kappa shape index (κ3) is 6.12. The van der Waals surface area contributed by atoms with Crippen LogP contribution in [0.15, 0.2) is 36.5 Å². The van der Waals surface area contributed by atoms with E-state index in [-0.39, 0.29) is 18.2 Å². The zero-order chi connectivity index (χ0) is 17.7. The number of rotatable bonds is 7. The molecule has 2 aromatic rings. The smallest absolute Gasteiger partial charge is 0.139 e. The fraction of sp³-hybridized carbons (Fsp3) is 0.389. The van der Waals surface area contributed by atoms with E-state index in [1.165, 1.54) is 9.13 Å². The molecule has 0 aliphatic heterocycles. The van der Waals surface area contributed by atoms with Crippen molar-refractivity contribution in [2.24, 2.45) is 5.73 Å². The number of aliphatic hydroxyl groups is 1. The van der Waals surface area contributed by atoms with Crippen LogP contribution >= 0.6 is 45.2 Å². The lowest BCUT2D eigenvalue weighted by atomic mass is 9.88. The molecule has 0 radical (unpaired) electrons. The number of hydrogen-bond donors (Lipinski definition) is 3. The van der Waals surface area contributed by atoms with E-state index < -0.39 is 0 Å². The second-order valence-corrected chi connectivity index (χ2v) is 8.95. The first kappa shape index (κ1) is 19.9. The van der Waals surface area contributed by atoms with Crippen molar-refractivity contribution in [3.8, 4) is 0 Å². The molecule has 0 aliphatic rings. The summed E-state index contributed by atoms with van der Waals surface area (Å²) in [7, 11) is 0. The van der Waals surface area contributed by atoms with Crippen LogP contribution in [-0.2, 0) is 13.0 Å². The molecule has 6 heteroatoms. The molecule has 0 aliphatic carbocycles. The number of benzene rings is 1. The molecule has 0 bridgehead atoms. The summed E-state index contributed by atoms with van der Waals surface area (Å²) in [6.07, 6.45) is 3.37. The Morgan fingerprint density at radius 3 is 2.50 bits per heavy atom. The maximum absolute atomic E-state index is 9.16. The average molecular weight is 551 g/mol. The SMILES string of the molecule is C[C@H](CC(C)(N)Cc1ccc(I)cc1)Nc1ncc(CO)cc1I. The van der Waals surface area contributed by atoms with Gasteiger partial charge in [0.1, 0.15) is 5.82 Å². The third-order valence-corrected chi connectivity index (χ3v) is 5.30. The molecule has 24 heavy (non-hydrogen) atoms. The van der Waals surface area contributed by atoms with E-state index in [1.54, 1.807) is 6.20 Å². The minimum absolute atomic E-state index is 0.00964. The summed E-state index contributed by atoms with van der Waals surface area (Å²) in [5.74, 6) is 0.838. The van der Waals surface area contributed by atoms with Crippen molar-refractivity contribution >= 4 is 51.0 Å². The molecule has 2 rings (SSSR count). The molecule has 1 heterocycles. The van der Waals surface area contributed by atoms with Crippen molar-refractivity contribution in [1.29, 1.82) is 0 Å². The molecule has 4 N–H and O–H groups in total. The Balaban J connectivity index is 1.97. The van der Waals surface area contributed by atoms with Gasteiger partial charge in [-0.2, -0.15) is 0 Å². The molecule has 0 spiro atoms. The Kier molecular flexibility index (Phi) is 7.26. The van der Waals surface area contributed by atoms with Crippen molar-refractivity contribution in [2.75, 3.05) is 5.32 Å². The van der Waals surface area contributed by atoms with E-state index in [9.17, 15) is 0 Å². The molecule has 0 fully saturated rings. The molecule has 2 atom stereocenters. The van der Waals surface area contributed by atoms with Crippen molar-refractivity contribution in [1.82, 2.24) is 4.98 Å². The highest BCUT2D eigenvalue weighted by Crippen LogP contribution is 2.22. The number of aromatic nitrogens is 1. The van der Waals surface area contributed by atoms with E-state index in [2.05, 4.69) is 93.6 Å². The first-order valence-corrected chi connectivity index (χ1v) is 10.00. The van der Waals surface area contributed by atoms with Gasteiger partial charge in [0.25, 0.3) is 0 Å². The number of aliphatic hydroxyl groups excluding tert-OH is 1. The molecular formula is C18H23I2N3O. The van der Waals surface area contributed by atoms with Crippen LogP contribution in [0.4, 0.5) is 5.82 Å². The number of halogens is 2. The summed E-state index contributed by atoms with van der Waals surface area (Å²) in [5, 5.41) is 12.6. The van der Waals surface area contributed by atoms with Gasteiger partial charge in [0.05, 0.1) is 10.2 Å². The van der Waals surface area contributed by atoms with E-state index in [4.69, 9.17) is 10.8 Å². The maximum Gasteiger partial charge on any atom is 0.139 e. The van der Waals surface area contributed by atoms with Crippen LogP contribution in [0.2, 0.25) is 0 Å². The Hall–Kier alpha value is -0.450. The van der Waals surface area contributed by atoms with Gasteiger partial charge in [-0.15, -0.1) is 0 Å². The predicted molar refractivity (Wildman–Crippen MR) is 116 cm³/mol. The molecule has 0 saturated heterocycles. The van der Waals surface area contributed by atoms with Gasteiger partial charge >= 0.3 is 0 Å². The van der Waals surface area contributed by atoms with Crippen molar-refractivity contribution in [3.05, 3.63) is 54.8 Å². The number of anilines is 1. The van der Waals surface area contributed by atoms with Crippen LogP contribution in [-0.4, -0.2) is 21.7 Å². The molecule has 1 unspecified atom stereocenters. The maximum atomic E-state index is 9.16. The predicted octanol–water partition coefficient (Wildman–Crippen LogP) is 3.93. The summed E-state index contributed by atoms with van der Waals surface area (Å²) in [6, 6.07) is 10.7. The minimum atomic E-state index is -0.296. The Bertz CT molecular complexity index is 674. The fourth-order valence-corrected chi connectivity index (χ4v) is 3.85. The van der Waals surface area contributed by atoms with Gasteiger partial charge in [-0.05, 0) is 101 Å². The summed E-state index contributed by atoms with van der Waals surface area (Å²) >= 11 is 4.54. The van der Waals surface area contributed by atoms with E-state index >= 15 is 0 Å². The topological polar surface area (TPSA) is 71.2 Å². The van der Waals surface area contributed by atoms with Crippen molar-refractivity contribution < 1.29 is 5.11 Å². The van der Waals surface area contributed by atoms with E-state index in [1.807, 2.05) is 6.07 Å². The number of nitrogens with one attached hydrogen (secondary N) is 1. The fourth-order valence-electron chi connectivity index (χ4n) is 2.79. The van der Waals surface area contributed by atoms with E-state index in [0.29, 0.717) is 0 Å². The lowest BCUT2D eigenvalue weighted by Gasteiger charge is -2.29. The first-order chi connectivity index (χ1) is 11.3. The average Bonchev–Trinajstić information content (AvgIpc) is 2.50. The highest BCUT2D eigenvalue weighted by molar-refractivity contribution is 14.1. The standard InChI is InChI=1S/C18H23I2N3O/c1-12(23-17-16(20)7-14(11-24)10-22-17)8-18(2,21)9-13-3-5-15(19)6-4-13/h3-7,10,12,24H,8-9,11,21H2,1-2H3,(H,22,23)/t12-,18?/m1/s1. The van der Waals surface area contributed by atoms with Gasteiger partial charge in [-0.25, -0.2) is 4.98 Å². The summed E-state index contributed by atoms with van der Waals surface area (Å²) in [4.78, 5) is 4.39. The zero-order valence-corrected chi connectivity index (χ0v) is 18.2. The molecular weight excluding hydrogens is 528 g/mol. The van der Waals surface area contributed by atoms with Crippen molar-refractivity contribution in [3.63, 3.8) is 0 Å². The number of hydrogen-bond acceptors (Lipinski definition) is 4. The highest BCUT2D eigenvalue weighted by Gasteiger charge is 2.23. The molecule has 1 aromatic carbocycles. The highest BCUT2D eigenvalue weighted by atomic mass is 127. The molecule has 130 valence electrons. The van der Waals surface area contributed by atoms with Crippen LogP contribution < -0.4 is 11.1 Å². The van der Waals surface area contributed by atoms with E-state index in [0.717, 1.165) is 27.8 Å². The zero-order valence-electron chi connectivity index (χ0n) is 13.9.